The predicted octanol–water partition coefficient (Wildman–Crippen LogP) is 3.38. The lowest BCUT2D eigenvalue weighted by Gasteiger charge is -2.31. The van der Waals surface area contributed by atoms with E-state index in [0.29, 0.717) is 55.2 Å². The highest BCUT2D eigenvalue weighted by Crippen LogP contribution is 2.38. The van der Waals surface area contributed by atoms with E-state index in [-0.39, 0.29) is 17.1 Å². The van der Waals surface area contributed by atoms with Crippen molar-refractivity contribution in [1.82, 2.24) is 9.80 Å². The van der Waals surface area contributed by atoms with E-state index < -0.39 is 6.04 Å². The number of ether oxygens (including phenoxy) is 2. The predicted molar refractivity (Wildman–Crippen MR) is 125 cm³/mol. The summed E-state index contributed by atoms with van der Waals surface area (Å²) in [4.78, 5) is 31.2. The summed E-state index contributed by atoms with van der Waals surface area (Å²) in [6.45, 7) is 8.71. The van der Waals surface area contributed by atoms with Gasteiger partial charge < -0.3 is 18.8 Å². The first-order valence-electron chi connectivity index (χ1n) is 11.5. The number of aryl methyl sites for hydroxylation is 1. The molecule has 1 amide bonds. The SMILES string of the molecule is CCOc1ccc2c(=O)c3c(oc2c1)C(=O)N(CCN1CCOCC1)C3c1ccc(C)cc1. The first-order valence-corrected chi connectivity index (χ1v) is 11.5. The fourth-order valence-electron chi connectivity index (χ4n) is 4.65. The van der Waals surface area contributed by atoms with E-state index in [2.05, 4.69) is 4.90 Å². The largest absolute Gasteiger partial charge is 0.494 e. The third kappa shape index (κ3) is 4.03. The van der Waals surface area contributed by atoms with Gasteiger partial charge in [-0.05, 0) is 31.5 Å². The van der Waals surface area contributed by atoms with Crippen LogP contribution in [0.5, 0.6) is 5.75 Å². The molecule has 0 radical (unpaired) electrons. The van der Waals surface area contributed by atoms with Crippen molar-refractivity contribution < 1.29 is 18.7 Å². The number of rotatable bonds is 6. The highest BCUT2D eigenvalue weighted by Gasteiger charge is 2.42. The molecule has 1 atom stereocenters. The van der Waals surface area contributed by atoms with Gasteiger partial charge in [0.05, 0.1) is 36.8 Å². The summed E-state index contributed by atoms with van der Waals surface area (Å²) in [7, 11) is 0. The third-order valence-corrected chi connectivity index (χ3v) is 6.40. The Labute approximate surface area is 192 Å². The fraction of sp³-hybridized carbons (Fsp3) is 0.385. The van der Waals surface area contributed by atoms with Gasteiger partial charge in [0.25, 0.3) is 5.91 Å². The van der Waals surface area contributed by atoms with Gasteiger partial charge in [-0.25, -0.2) is 0 Å². The Bertz CT molecular complexity index is 1230. The number of amides is 1. The van der Waals surface area contributed by atoms with Crippen molar-refractivity contribution in [2.75, 3.05) is 46.0 Å². The van der Waals surface area contributed by atoms with Crippen LogP contribution in [0.4, 0.5) is 0 Å². The van der Waals surface area contributed by atoms with Crippen LogP contribution in [0, 0.1) is 6.92 Å². The number of hydrogen-bond acceptors (Lipinski definition) is 6. The molecule has 33 heavy (non-hydrogen) atoms. The molecule has 1 aromatic heterocycles. The van der Waals surface area contributed by atoms with Crippen LogP contribution in [0.15, 0.2) is 51.7 Å². The first kappa shape index (κ1) is 21.7. The van der Waals surface area contributed by atoms with Gasteiger partial charge in [-0.2, -0.15) is 0 Å². The Morgan fingerprint density at radius 2 is 1.79 bits per heavy atom. The van der Waals surface area contributed by atoms with Crippen molar-refractivity contribution in [3.05, 3.63) is 75.1 Å². The number of nitrogens with zero attached hydrogens (tertiary/aromatic N) is 2. The van der Waals surface area contributed by atoms with Gasteiger partial charge in [0.15, 0.2) is 5.43 Å². The quantitative estimate of drug-likeness (QED) is 0.576. The number of benzene rings is 2. The molecule has 5 rings (SSSR count). The van der Waals surface area contributed by atoms with Crippen LogP contribution in [0.25, 0.3) is 11.0 Å². The lowest BCUT2D eigenvalue weighted by atomic mass is 9.97. The lowest BCUT2D eigenvalue weighted by molar-refractivity contribution is 0.0314. The summed E-state index contributed by atoms with van der Waals surface area (Å²) < 4.78 is 17.1. The smallest absolute Gasteiger partial charge is 0.290 e. The minimum absolute atomic E-state index is 0.133. The van der Waals surface area contributed by atoms with Crippen molar-refractivity contribution in [3.63, 3.8) is 0 Å². The molecule has 2 aliphatic heterocycles. The fourth-order valence-corrected chi connectivity index (χ4v) is 4.65. The standard InChI is InChI=1S/C26H28N2O5/c1-3-32-19-8-9-20-21(16-19)33-25-22(24(20)29)23(18-6-4-17(2)5-7-18)28(26(25)30)11-10-27-12-14-31-15-13-27/h4-9,16,23H,3,10-15H2,1-2H3. The van der Waals surface area contributed by atoms with Gasteiger partial charge in [0, 0.05) is 32.2 Å². The van der Waals surface area contributed by atoms with Gasteiger partial charge >= 0.3 is 0 Å². The number of morpholine rings is 1. The highest BCUT2D eigenvalue weighted by atomic mass is 16.5. The van der Waals surface area contributed by atoms with Crippen molar-refractivity contribution in [2.24, 2.45) is 0 Å². The molecule has 7 heteroatoms. The van der Waals surface area contributed by atoms with E-state index in [0.717, 1.165) is 24.2 Å². The molecule has 0 saturated carbocycles. The van der Waals surface area contributed by atoms with Crippen LogP contribution in [-0.2, 0) is 4.74 Å². The third-order valence-electron chi connectivity index (χ3n) is 6.40. The average Bonchev–Trinajstić information content (AvgIpc) is 3.11. The molecule has 0 N–H and O–H groups in total. The Kier molecular flexibility index (Phi) is 5.91. The molecule has 1 fully saturated rings. The first-order chi connectivity index (χ1) is 16.1. The van der Waals surface area contributed by atoms with Gasteiger partial charge in [0.2, 0.25) is 5.76 Å². The van der Waals surface area contributed by atoms with E-state index in [1.54, 1.807) is 23.1 Å². The molecule has 0 spiro atoms. The Morgan fingerprint density at radius 3 is 2.52 bits per heavy atom. The van der Waals surface area contributed by atoms with E-state index >= 15 is 0 Å². The minimum atomic E-state index is -0.471. The van der Waals surface area contributed by atoms with Gasteiger partial charge in [-0.1, -0.05) is 29.8 Å². The van der Waals surface area contributed by atoms with Crippen LogP contribution in [0.1, 0.15) is 40.2 Å². The zero-order chi connectivity index (χ0) is 22.9. The van der Waals surface area contributed by atoms with Crippen molar-refractivity contribution >= 4 is 16.9 Å². The zero-order valence-corrected chi connectivity index (χ0v) is 19.0. The summed E-state index contributed by atoms with van der Waals surface area (Å²) in [6, 6.07) is 12.7. The number of fused-ring (bicyclic) bond motifs is 2. The van der Waals surface area contributed by atoms with Gasteiger partial charge in [-0.3, -0.25) is 14.5 Å². The Hall–Kier alpha value is -3.16. The molecule has 3 aromatic rings. The van der Waals surface area contributed by atoms with Crippen LogP contribution in [0.2, 0.25) is 0 Å². The molecule has 3 heterocycles. The summed E-state index contributed by atoms with van der Waals surface area (Å²) in [5.41, 5.74) is 2.66. The number of hydrogen-bond donors (Lipinski definition) is 0. The van der Waals surface area contributed by atoms with Gasteiger partial charge in [0.1, 0.15) is 11.3 Å². The number of carbonyl (C=O) groups is 1. The Morgan fingerprint density at radius 1 is 1.03 bits per heavy atom. The maximum absolute atomic E-state index is 13.6. The highest BCUT2D eigenvalue weighted by molar-refractivity contribution is 5.99. The van der Waals surface area contributed by atoms with E-state index in [9.17, 15) is 9.59 Å². The second kappa shape index (κ2) is 9.00. The normalized spacial score (nSPS) is 18.7. The van der Waals surface area contributed by atoms with Crippen molar-refractivity contribution in [3.8, 4) is 5.75 Å². The zero-order valence-electron chi connectivity index (χ0n) is 19.0. The number of carbonyl (C=O) groups excluding carboxylic acids is 1. The monoisotopic (exact) mass is 448 g/mol. The molecule has 172 valence electrons. The molecule has 1 saturated heterocycles. The van der Waals surface area contributed by atoms with E-state index in [4.69, 9.17) is 13.9 Å². The van der Waals surface area contributed by atoms with Gasteiger partial charge in [-0.15, -0.1) is 0 Å². The molecule has 2 aliphatic rings. The topological polar surface area (TPSA) is 72.2 Å². The van der Waals surface area contributed by atoms with E-state index in [1.807, 2.05) is 38.1 Å². The summed E-state index contributed by atoms with van der Waals surface area (Å²) >= 11 is 0. The van der Waals surface area contributed by atoms with Crippen molar-refractivity contribution in [2.45, 2.75) is 19.9 Å². The molecule has 1 unspecified atom stereocenters. The molecular formula is C26H28N2O5. The molecule has 0 aliphatic carbocycles. The lowest BCUT2D eigenvalue weighted by Crippen LogP contribution is -2.42. The maximum Gasteiger partial charge on any atom is 0.290 e. The Balaban J connectivity index is 1.58. The molecule has 0 bridgehead atoms. The minimum Gasteiger partial charge on any atom is -0.494 e. The second-order valence-electron chi connectivity index (χ2n) is 8.53. The van der Waals surface area contributed by atoms with Crippen LogP contribution < -0.4 is 10.2 Å². The molecule has 7 nitrogen and oxygen atoms in total. The molecular weight excluding hydrogens is 420 g/mol. The molecule has 2 aromatic carbocycles. The summed E-state index contributed by atoms with van der Waals surface area (Å²) in [5.74, 6) is 0.496. The van der Waals surface area contributed by atoms with Crippen LogP contribution in [0.3, 0.4) is 0 Å². The summed E-state index contributed by atoms with van der Waals surface area (Å²) in [5, 5.41) is 0.456. The second-order valence-corrected chi connectivity index (χ2v) is 8.53. The van der Waals surface area contributed by atoms with Crippen LogP contribution in [-0.4, -0.2) is 61.7 Å². The van der Waals surface area contributed by atoms with Crippen LogP contribution >= 0.6 is 0 Å². The summed E-state index contributed by atoms with van der Waals surface area (Å²) in [6.07, 6.45) is 0. The van der Waals surface area contributed by atoms with E-state index in [1.165, 1.54) is 0 Å². The maximum atomic E-state index is 13.6. The average molecular weight is 449 g/mol. The van der Waals surface area contributed by atoms with Crippen molar-refractivity contribution in [1.29, 1.82) is 0 Å².